The number of hydrogen-bond acceptors (Lipinski definition) is 2. The molecule has 0 heterocycles. The third-order valence-corrected chi connectivity index (χ3v) is 3.18. The molecule has 1 aliphatic rings. The van der Waals surface area contributed by atoms with Gasteiger partial charge in [0.1, 0.15) is 0 Å². The van der Waals surface area contributed by atoms with Gasteiger partial charge < -0.3 is 5.32 Å². The first kappa shape index (κ1) is 14.1. The fourth-order valence-corrected chi connectivity index (χ4v) is 2.47. The molecule has 0 aromatic heterocycles. The lowest BCUT2D eigenvalue weighted by Crippen LogP contribution is -2.43. The Bertz CT molecular complexity index is 274. The second-order valence-corrected chi connectivity index (χ2v) is 5.24. The Morgan fingerprint density at radius 2 is 2.12 bits per heavy atom. The van der Waals surface area contributed by atoms with E-state index in [1.165, 1.54) is 25.7 Å². The summed E-state index contributed by atoms with van der Waals surface area (Å²) < 4.78 is 0. The van der Waals surface area contributed by atoms with Gasteiger partial charge in [0.25, 0.3) is 0 Å². The number of terminal acetylenes is 1. The molecule has 1 aliphatic carbocycles. The predicted octanol–water partition coefficient (Wildman–Crippen LogP) is 1.64. The molecule has 1 rings (SSSR count). The van der Waals surface area contributed by atoms with Crippen molar-refractivity contribution in [2.45, 2.75) is 45.6 Å². The van der Waals surface area contributed by atoms with Crippen molar-refractivity contribution < 1.29 is 4.79 Å². The van der Waals surface area contributed by atoms with Crippen LogP contribution in [-0.2, 0) is 4.79 Å². The molecule has 3 heteroatoms. The minimum atomic E-state index is 0.0514. The summed E-state index contributed by atoms with van der Waals surface area (Å²) in [5.41, 5.74) is 0. The number of amides is 1. The standard InChI is InChI=1S/C14H24N2O/c1-4-9-15-14(17)11-16(10-12(2)3)13-7-5-6-8-13/h1,12-13H,5-11H2,2-3H3,(H,15,17). The fourth-order valence-electron chi connectivity index (χ4n) is 2.47. The SMILES string of the molecule is C#CCNC(=O)CN(CC(C)C)C1CCCC1. The van der Waals surface area contributed by atoms with E-state index in [9.17, 15) is 4.79 Å². The van der Waals surface area contributed by atoms with E-state index < -0.39 is 0 Å². The van der Waals surface area contributed by atoms with E-state index >= 15 is 0 Å². The van der Waals surface area contributed by atoms with Crippen LogP contribution in [0.15, 0.2) is 0 Å². The first-order valence-electron chi connectivity index (χ1n) is 6.57. The molecule has 96 valence electrons. The molecule has 0 atom stereocenters. The molecule has 17 heavy (non-hydrogen) atoms. The molecule has 1 saturated carbocycles. The van der Waals surface area contributed by atoms with Gasteiger partial charge in [-0.1, -0.05) is 32.6 Å². The summed E-state index contributed by atoms with van der Waals surface area (Å²) in [6, 6.07) is 0.592. The van der Waals surface area contributed by atoms with Crippen LogP contribution in [-0.4, -0.2) is 36.5 Å². The van der Waals surface area contributed by atoms with E-state index in [-0.39, 0.29) is 5.91 Å². The van der Waals surface area contributed by atoms with Crippen LogP contribution in [0.1, 0.15) is 39.5 Å². The molecular formula is C14H24N2O. The van der Waals surface area contributed by atoms with Crippen LogP contribution < -0.4 is 5.32 Å². The van der Waals surface area contributed by atoms with Crippen molar-refractivity contribution in [1.29, 1.82) is 0 Å². The third-order valence-electron chi connectivity index (χ3n) is 3.18. The minimum absolute atomic E-state index is 0.0514. The predicted molar refractivity (Wildman–Crippen MR) is 70.5 cm³/mol. The molecule has 0 unspecified atom stereocenters. The molecule has 1 amide bonds. The zero-order valence-electron chi connectivity index (χ0n) is 11.0. The van der Waals surface area contributed by atoms with Crippen LogP contribution >= 0.6 is 0 Å². The summed E-state index contributed by atoms with van der Waals surface area (Å²) in [5.74, 6) is 3.08. The second kappa shape index (κ2) is 7.34. The molecule has 0 bridgehead atoms. The van der Waals surface area contributed by atoms with Crippen LogP contribution in [0.25, 0.3) is 0 Å². The lowest BCUT2D eigenvalue weighted by atomic mass is 10.1. The van der Waals surface area contributed by atoms with Gasteiger partial charge in [0, 0.05) is 12.6 Å². The fraction of sp³-hybridized carbons (Fsp3) is 0.786. The average Bonchev–Trinajstić information content (AvgIpc) is 2.78. The number of carbonyl (C=O) groups excluding carboxylic acids is 1. The van der Waals surface area contributed by atoms with E-state index in [0.29, 0.717) is 25.0 Å². The van der Waals surface area contributed by atoms with Crippen molar-refractivity contribution in [3.05, 3.63) is 0 Å². The van der Waals surface area contributed by atoms with Gasteiger partial charge in [-0.25, -0.2) is 0 Å². The van der Waals surface area contributed by atoms with Crippen molar-refractivity contribution in [2.75, 3.05) is 19.6 Å². The Balaban J connectivity index is 2.45. The highest BCUT2D eigenvalue weighted by molar-refractivity contribution is 5.78. The third kappa shape index (κ3) is 5.23. The smallest absolute Gasteiger partial charge is 0.234 e. The first-order chi connectivity index (χ1) is 8.13. The quantitative estimate of drug-likeness (QED) is 0.711. The van der Waals surface area contributed by atoms with Crippen molar-refractivity contribution in [3.63, 3.8) is 0 Å². The van der Waals surface area contributed by atoms with Crippen LogP contribution in [0.2, 0.25) is 0 Å². The molecule has 0 aromatic carbocycles. The maximum atomic E-state index is 11.7. The van der Waals surface area contributed by atoms with Crippen molar-refractivity contribution in [1.82, 2.24) is 10.2 Å². The molecule has 1 fully saturated rings. The van der Waals surface area contributed by atoms with Gasteiger partial charge in [0.2, 0.25) is 5.91 Å². The summed E-state index contributed by atoms with van der Waals surface area (Å²) in [7, 11) is 0. The molecular weight excluding hydrogens is 212 g/mol. The van der Waals surface area contributed by atoms with Gasteiger partial charge in [-0.3, -0.25) is 9.69 Å². The van der Waals surface area contributed by atoms with Crippen molar-refractivity contribution in [3.8, 4) is 12.3 Å². The molecule has 1 N–H and O–H groups in total. The summed E-state index contributed by atoms with van der Waals surface area (Å²) in [4.78, 5) is 14.0. The Morgan fingerprint density at radius 3 is 2.65 bits per heavy atom. The molecule has 3 nitrogen and oxygen atoms in total. The number of rotatable bonds is 6. The van der Waals surface area contributed by atoms with E-state index in [1.807, 2.05) is 0 Å². The van der Waals surface area contributed by atoms with Gasteiger partial charge >= 0.3 is 0 Å². The monoisotopic (exact) mass is 236 g/mol. The van der Waals surface area contributed by atoms with E-state index in [4.69, 9.17) is 6.42 Å². The summed E-state index contributed by atoms with van der Waals surface area (Å²) in [5, 5.41) is 2.74. The minimum Gasteiger partial charge on any atom is -0.344 e. The summed E-state index contributed by atoms with van der Waals surface area (Å²) in [6.45, 7) is 6.21. The normalized spacial score (nSPS) is 16.4. The van der Waals surface area contributed by atoms with Crippen LogP contribution in [0.4, 0.5) is 0 Å². The van der Waals surface area contributed by atoms with Crippen LogP contribution in [0.3, 0.4) is 0 Å². The summed E-state index contributed by atoms with van der Waals surface area (Å²) in [6.07, 6.45) is 10.2. The molecule has 0 radical (unpaired) electrons. The highest BCUT2D eigenvalue weighted by Gasteiger charge is 2.24. The van der Waals surface area contributed by atoms with Crippen LogP contribution in [0, 0.1) is 18.3 Å². The maximum Gasteiger partial charge on any atom is 0.234 e. The lowest BCUT2D eigenvalue weighted by molar-refractivity contribution is -0.122. The van der Waals surface area contributed by atoms with Crippen molar-refractivity contribution >= 4 is 5.91 Å². The average molecular weight is 236 g/mol. The zero-order valence-corrected chi connectivity index (χ0v) is 11.0. The van der Waals surface area contributed by atoms with Gasteiger partial charge in [-0.15, -0.1) is 6.42 Å². The zero-order chi connectivity index (χ0) is 12.7. The van der Waals surface area contributed by atoms with Crippen molar-refractivity contribution in [2.24, 2.45) is 5.92 Å². The van der Waals surface area contributed by atoms with Gasteiger partial charge in [-0.2, -0.15) is 0 Å². The highest BCUT2D eigenvalue weighted by Crippen LogP contribution is 2.23. The number of nitrogens with one attached hydrogen (secondary N) is 1. The largest absolute Gasteiger partial charge is 0.344 e. The van der Waals surface area contributed by atoms with E-state index in [1.54, 1.807) is 0 Å². The molecule has 0 aliphatic heterocycles. The highest BCUT2D eigenvalue weighted by atomic mass is 16.2. The summed E-state index contributed by atoms with van der Waals surface area (Å²) >= 11 is 0. The lowest BCUT2D eigenvalue weighted by Gasteiger charge is -2.29. The van der Waals surface area contributed by atoms with Crippen LogP contribution in [0.5, 0.6) is 0 Å². The van der Waals surface area contributed by atoms with Gasteiger partial charge in [-0.05, 0) is 18.8 Å². The topological polar surface area (TPSA) is 32.3 Å². The maximum absolute atomic E-state index is 11.7. The van der Waals surface area contributed by atoms with E-state index in [2.05, 4.69) is 30.0 Å². The second-order valence-electron chi connectivity index (χ2n) is 5.24. The molecule has 0 spiro atoms. The Kier molecular flexibility index (Phi) is 6.07. The Morgan fingerprint density at radius 1 is 1.47 bits per heavy atom. The Hall–Kier alpha value is -1.01. The Labute approximate surface area is 105 Å². The molecule has 0 saturated heterocycles. The first-order valence-corrected chi connectivity index (χ1v) is 6.57. The number of carbonyl (C=O) groups is 1. The van der Waals surface area contributed by atoms with E-state index in [0.717, 1.165) is 6.54 Å². The number of hydrogen-bond donors (Lipinski definition) is 1. The molecule has 0 aromatic rings. The number of nitrogens with zero attached hydrogens (tertiary/aromatic N) is 1. The van der Waals surface area contributed by atoms with Gasteiger partial charge in [0.05, 0.1) is 13.1 Å². The van der Waals surface area contributed by atoms with Gasteiger partial charge in [0.15, 0.2) is 0 Å².